The van der Waals surface area contributed by atoms with Crippen molar-refractivity contribution in [3.8, 4) is 0 Å². The Morgan fingerprint density at radius 2 is 1.67 bits per heavy atom. The predicted molar refractivity (Wildman–Crippen MR) is 13.5 cm³/mol. The molecule has 0 aromatic heterocycles. The average Bonchev–Trinajstić information content (AvgIpc) is 1.73. The SMILES string of the molecule is FC1=NC1(F)F. The van der Waals surface area contributed by atoms with E-state index in [4.69, 9.17) is 0 Å². The first kappa shape index (κ1) is 3.64. The van der Waals surface area contributed by atoms with Crippen LogP contribution in [0.5, 0.6) is 0 Å². The van der Waals surface area contributed by atoms with E-state index < -0.39 is 12.0 Å². The first-order valence-corrected chi connectivity index (χ1v) is 1.26. The lowest BCUT2D eigenvalue weighted by atomic mass is 10.8. The van der Waals surface area contributed by atoms with Crippen molar-refractivity contribution in [2.75, 3.05) is 0 Å². The number of nitrogens with zero attached hydrogens (tertiary/aromatic N) is 1. The molecule has 0 fully saturated rings. The van der Waals surface area contributed by atoms with Crippen molar-refractivity contribution in [2.45, 2.75) is 6.05 Å². The second-order valence-corrected chi connectivity index (χ2v) is 0.944. The molecule has 1 aliphatic heterocycles. The Bertz CT molecular complexity index is 105. The van der Waals surface area contributed by atoms with Crippen LogP contribution in [0.3, 0.4) is 0 Å². The first-order valence-electron chi connectivity index (χ1n) is 1.26. The third-order valence-electron chi connectivity index (χ3n) is 0.437. The van der Waals surface area contributed by atoms with Crippen LogP contribution in [0.2, 0.25) is 0 Å². The van der Waals surface area contributed by atoms with E-state index in [-0.39, 0.29) is 0 Å². The topological polar surface area (TPSA) is 12.4 Å². The van der Waals surface area contributed by atoms with Gasteiger partial charge in [0.2, 0.25) is 0 Å². The van der Waals surface area contributed by atoms with Crippen LogP contribution in [0.15, 0.2) is 4.99 Å². The molecule has 0 atom stereocenters. The highest BCUT2D eigenvalue weighted by Crippen LogP contribution is 2.31. The summed E-state index contributed by atoms with van der Waals surface area (Å²) in [6.45, 7) is 0. The van der Waals surface area contributed by atoms with Gasteiger partial charge in [-0.25, -0.2) is 0 Å². The monoisotopic (exact) mass is 95.0 g/mol. The lowest BCUT2D eigenvalue weighted by Gasteiger charge is -1.76. The van der Waals surface area contributed by atoms with Gasteiger partial charge >= 0.3 is 6.05 Å². The molecule has 0 bridgehead atoms. The highest BCUT2D eigenvalue weighted by molar-refractivity contribution is 5.93. The Morgan fingerprint density at radius 3 is 1.67 bits per heavy atom. The highest BCUT2D eigenvalue weighted by Gasteiger charge is 2.50. The fraction of sp³-hybridized carbons (Fsp3) is 0.500. The summed E-state index contributed by atoms with van der Waals surface area (Å²) < 4.78 is 32.8. The van der Waals surface area contributed by atoms with E-state index in [1.807, 2.05) is 0 Å². The summed E-state index contributed by atoms with van der Waals surface area (Å²) >= 11 is 0. The molecule has 0 saturated carbocycles. The van der Waals surface area contributed by atoms with Gasteiger partial charge in [-0.05, 0) is 0 Å². The quantitative estimate of drug-likeness (QED) is 0.397. The molecule has 0 saturated heterocycles. The maximum absolute atomic E-state index is 10.9. The van der Waals surface area contributed by atoms with Crippen LogP contribution in [-0.4, -0.2) is 12.0 Å². The molecular weight excluding hydrogens is 95.0 g/mol. The largest absolute Gasteiger partial charge is 0.414 e. The van der Waals surface area contributed by atoms with Gasteiger partial charge in [0.25, 0.3) is 5.97 Å². The van der Waals surface area contributed by atoms with Crippen LogP contribution in [0, 0.1) is 0 Å². The smallest absolute Gasteiger partial charge is 0.181 e. The first-order chi connectivity index (χ1) is 2.63. The molecule has 0 aromatic carbocycles. The lowest BCUT2D eigenvalue weighted by Crippen LogP contribution is -1.95. The number of rotatable bonds is 0. The highest BCUT2D eigenvalue weighted by atomic mass is 19.3. The van der Waals surface area contributed by atoms with Gasteiger partial charge in [0, 0.05) is 0 Å². The average molecular weight is 95.0 g/mol. The van der Waals surface area contributed by atoms with Gasteiger partial charge in [0.15, 0.2) is 0 Å². The van der Waals surface area contributed by atoms with Crippen molar-refractivity contribution in [1.82, 2.24) is 0 Å². The van der Waals surface area contributed by atoms with Crippen LogP contribution in [0.1, 0.15) is 0 Å². The van der Waals surface area contributed by atoms with Gasteiger partial charge in [-0.15, -0.1) is 0 Å². The molecule has 0 aliphatic carbocycles. The van der Waals surface area contributed by atoms with Crippen LogP contribution < -0.4 is 0 Å². The van der Waals surface area contributed by atoms with Crippen molar-refractivity contribution in [3.05, 3.63) is 0 Å². The third kappa shape index (κ3) is 0.293. The van der Waals surface area contributed by atoms with Crippen molar-refractivity contribution in [2.24, 2.45) is 4.99 Å². The number of hydrogen-bond donors (Lipinski definition) is 0. The minimum atomic E-state index is -3.42. The lowest BCUT2D eigenvalue weighted by molar-refractivity contribution is 0.128. The predicted octanol–water partition coefficient (Wildman–Crippen LogP) is 0.961. The minimum Gasteiger partial charge on any atom is -0.181 e. The zero-order chi connectivity index (χ0) is 4.78. The Hall–Kier alpha value is -0.540. The third-order valence-corrected chi connectivity index (χ3v) is 0.437. The molecule has 0 N–H and O–H groups in total. The minimum absolute atomic E-state index is 1.55. The van der Waals surface area contributed by atoms with E-state index in [1.54, 1.807) is 0 Å². The van der Waals surface area contributed by atoms with E-state index in [2.05, 4.69) is 4.99 Å². The van der Waals surface area contributed by atoms with Crippen LogP contribution >= 0.6 is 0 Å². The fourth-order valence-electron chi connectivity index (χ4n) is 0.0953. The second-order valence-electron chi connectivity index (χ2n) is 0.944. The van der Waals surface area contributed by atoms with Gasteiger partial charge in [0.05, 0.1) is 0 Å². The van der Waals surface area contributed by atoms with Crippen molar-refractivity contribution in [3.63, 3.8) is 0 Å². The summed E-state index contributed by atoms with van der Waals surface area (Å²) in [6, 6.07) is -3.42. The Balaban J connectivity index is 2.53. The van der Waals surface area contributed by atoms with Crippen molar-refractivity contribution < 1.29 is 13.2 Å². The standard InChI is InChI=1S/C2F3N/c3-1-2(4,5)6-1. The maximum atomic E-state index is 10.9. The molecule has 0 aromatic rings. The summed E-state index contributed by atoms with van der Waals surface area (Å²) in [4.78, 5) is 2.10. The molecule has 6 heavy (non-hydrogen) atoms. The van der Waals surface area contributed by atoms with Crippen LogP contribution in [-0.2, 0) is 0 Å². The van der Waals surface area contributed by atoms with Gasteiger partial charge in [-0.1, -0.05) is 0 Å². The molecule has 1 aliphatic rings. The van der Waals surface area contributed by atoms with Gasteiger partial charge in [0.1, 0.15) is 0 Å². The van der Waals surface area contributed by atoms with Gasteiger partial charge in [-0.3, -0.25) is 0 Å². The molecule has 1 heterocycles. The molecule has 34 valence electrons. The number of hydrogen-bond acceptors (Lipinski definition) is 1. The Labute approximate surface area is 31.5 Å². The van der Waals surface area contributed by atoms with E-state index >= 15 is 0 Å². The van der Waals surface area contributed by atoms with Crippen LogP contribution in [0.4, 0.5) is 13.2 Å². The fourth-order valence-corrected chi connectivity index (χ4v) is 0.0953. The molecule has 0 spiro atoms. The van der Waals surface area contributed by atoms with E-state index in [0.717, 1.165) is 0 Å². The van der Waals surface area contributed by atoms with E-state index in [0.29, 0.717) is 0 Å². The zero-order valence-corrected chi connectivity index (χ0v) is 2.58. The van der Waals surface area contributed by atoms with E-state index in [1.165, 1.54) is 0 Å². The molecule has 0 amide bonds. The van der Waals surface area contributed by atoms with Crippen molar-refractivity contribution in [1.29, 1.82) is 0 Å². The summed E-state index contributed by atoms with van der Waals surface area (Å²) in [5.41, 5.74) is 0. The molecule has 1 nitrogen and oxygen atoms in total. The summed E-state index contributed by atoms with van der Waals surface area (Å²) in [5, 5.41) is 0. The number of alkyl halides is 2. The van der Waals surface area contributed by atoms with Gasteiger partial charge in [-0.2, -0.15) is 18.2 Å². The summed E-state index contributed by atoms with van der Waals surface area (Å²) in [7, 11) is 0. The van der Waals surface area contributed by atoms with Gasteiger partial charge < -0.3 is 0 Å². The van der Waals surface area contributed by atoms with Crippen LogP contribution in [0.25, 0.3) is 0 Å². The Morgan fingerprint density at radius 1 is 1.50 bits per heavy atom. The normalized spacial score (nSPS) is 26.2. The molecular formula is C2F3N. The molecule has 0 radical (unpaired) electrons. The second kappa shape index (κ2) is 0.597. The maximum Gasteiger partial charge on any atom is 0.414 e. The number of halogens is 3. The van der Waals surface area contributed by atoms with E-state index in [9.17, 15) is 13.2 Å². The summed E-state index contributed by atoms with van der Waals surface area (Å²) in [6.07, 6.45) is 0. The van der Waals surface area contributed by atoms with Crippen molar-refractivity contribution >= 4 is 5.97 Å². The number of aliphatic imine (C=N–C) groups is 1. The Kier molecular flexibility index (Phi) is 0.362. The molecule has 0 unspecified atom stereocenters. The molecule has 1 rings (SSSR count). The molecule has 4 heteroatoms. The summed E-state index contributed by atoms with van der Waals surface area (Å²) in [5.74, 6) is -1.55. The zero-order valence-electron chi connectivity index (χ0n) is 2.58.